The van der Waals surface area contributed by atoms with Crippen molar-refractivity contribution in [3.05, 3.63) is 29.8 Å². The molecular formula is C18H29N3O3S. The number of carbonyl (C=O) groups excluding carboxylic acids is 1. The highest BCUT2D eigenvalue weighted by molar-refractivity contribution is 7.89. The smallest absolute Gasteiger partial charge is 0.238 e. The van der Waals surface area contributed by atoms with Gasteiger partial charge in [0.05, 0.1) is 11.4 Å². The molecule has 0 radical (unpaired) electrons. The van der Waals surface area contributed by atoms with Gasteiger partial charge < -0.3 is 4.90 Å². The molecule has 1 aromatic carbocycles. The van der Waals surface area contributed by atoms with Crippen LogP contribution in [0, 0.1) is 0 Å². The van der Waals surface area contributed by atoms with Gasteiger partial charge in [-0.3, -0.25) is 9.69 Å². The van der Waals surface area contributed by atoms with E-state index in [4.69, 9.17) is 5.14 Å². The minimum Gasteiger partial charge on any atom is -0.336 e. The summed E-state index contributed by atoms with van der Waals surface area (Å²) in [5.41, 5.74) is 0.947. The summed E-state index contributed by atoms with van der Waals surface area (Å²) >= 11 is 0. The molecule has 1 amide bonds. The molecule has 140 valence electrons. The number of hydrogen-bond donors (Lipinski definition) is 1. The number of piperidine rings is 1. The third kappa shape index (κ3) is 4.80. The van der Waals surface area contributed by atoms with Crippen molar-refractivity contribution in [2.75, 3.05) is 13.6 Å². The van der Waals surface area contributed by atoms with Gasteiger partial charge in [-0.25, -0.2) is 13.6 Å². The normalized spacial score (nSPS) is 22.9. The lowest BCUT2D eigenvalue weighted by Crippen LogP contribution is -2.50. The molecule has 7 heteroatoms. The SMILES string of the molecule is CC(c1ccc(S(N)(=O)=O)cc1)N(C)CC(=O)N1C(C)CCCC1C. The van der Waals surface area contributed by atoms with Crippen molar-refractivity contribution in [2.24, 2.45) is 5.14 Å². The van der Waals surface area contributed by atoms with Crippen molar-refractivity contribution >= 4 is 15.9 Å². The van der Waals surface area contributed by atoms with Crippen LogP contribution in [0.15, 0.2) is 29.2 Å². The number of amides is 1. The van der Waals surface area contributed by atoms with E-state index in [9.17, 15) is 13.2 Å². The predicted octanol–water partition coefficient (Wildman–Crippen LogP) is 2.12. The Labute approximate surface area is 151 Å². The first-order valence-electron chi connectivity index (χ1n) is 8.75. The number of sulfonamides is 1. The Hall–Kier alpha value is -1.44. The molecule has 25 heavy (non-hydrogen) atoms. The maximum Gasteiger partial charge on any atom is 0.238 e. The average molecular weight is 368 g/mol. The Morgan fingerprint density at radius 2 is 1.76 bits per heavy atom. The van der Waals surface area contributed by atoms with Gasteiger partial charge in [0.2, 0.25) is 15.9 Å². The number of nitrogens with two attached hydrogens (primary N) is 1. The summed E-state index contributed by atoms with van der Waals surface area (Å²) in [5, 5.41) is 5.13. The highest BCUT2D eigenvalue weighted by atomic mass is 32.2. The van der Waals surface area contributed by atoms with Crippen LogP contribution in [0.2, 0.25) is 0 Å². The Kier molecular flexibility index (Phi) is 6.24. The number of primary sulfonamides is 1. The third-order valence-corrected chi connectivity index (χ3v) is 6.15. The first-order valence-corrected chi connectivity index (χ1v) is 10.3. The zero-order valence-electron chi connectivity index (χ0n) is 15.5. The van der Waals surface area contributed by atoms with E-state index in [-0.39, 0.29) is 28.9 Å². The van der Waals surface area contributed by atoms with Crippen molar-refractivity contribution in [3.63, 3.8) is 0 Å². The first-order chi connectivity index (χ1) is 11.6. The number of benzene rings is 1. The number of rotatable bonds is 5. The topological polar surface area (TPSA) is 83.7 Å². The molecule has 1 aliphatic heterocycles. The summed E-state index contributed by atoms with van der Waals surface area (Å²) in [6.45, 7) is 6.57. The number of hydrogen-bond acceptors (Lipinski definition) is 4. The number of carbonyl (C=O) groups is 1. The van der Waals surface area contributed by atoms with Crippen LogP contribution in [0.3, 0.4) is 0 Å². The van der Waals surface area contributed by atoms with Gasteiger partial charge in [-0.1, -0.05) is 12.1 Å². The van der Waals surface area contributed by atoms with E-state index in [1.807, 2.05) is 23.8 Å². The fourth-order valence-electron chi connectivity index (χ4n) is 3.54. The van der Waals surface area contributed by atoms with Crippen molar-refractivity contribution in [3.8, 4) is 0 Å². The molecule has 0 aliphatic carbocycles. The summed E-state index contributed by atoms with van der Waals surface area (Å²) in [6.07, 6.45) is 3.30. The van der Waals surface area contributed by atoms with E-state index in [1.54, 1.807) is 12.1 Å². The van der Waals surface area contributed by atoms with Gasteiger partial charge >= 0.3 is 0 Å². The van der Waals surface area contributed by atoms with E-state index in [0.717, 1.165) is 18.4 Å². The minimum atomic E-state index is -3.69. The van der Waals surface area contributed by atoms with Crippen molar-refractivity contribution in [2.45, 2.75) is 63.1 Å². The van der Waals surface area contributed by atoms with Crippen LogP contribution in [0.5, 0.6) is 0 Å². The maximum absolute atomic E-state index is 12.7. The molecule has 6 nitrogen and oxygen atoms in total. The largest absolute Gasteiger partial charge is 0.336 e. The third-order valence-electron chi connectivity index (χ3n) is 5.22. The number of nitrogens with zero attached hydrogens (tertiary/aromatic N) is 2. The first kappa shape index (κ1) is 19.9. The van der Waals surface area contributed by atoms with Crippen LogP contribution in [0.25, 0.3) is 0 Å². The zero-order chi connectivity index (χ0) is 18.8. The van der Waals surface area contributed by atoms with E-state index < -0.39 is 10.0 Å². The van der Waals surface area contributed by atoms with Crippen molar-refractivity contribution in [1.29, 1.82) is 0 Å². The van der Waals surface area contributed by atoms with Gasteiger partial charge in [0, 0.05) is 18.1 Å². The second-order valence-corrected chi connectivity index (χ2v) is 8.70. The van der Waals surface area contributed by atoms with Crippen LogP contribution in [-0.2, 0) is 14.8 Å². The fourth-order valence-corrected chi connectivity index (χ4v) is 4.05. The second kappa shape index (κ2) is 7.85. The quantitative estimate of drug-likeness (QED) is 0.864. The Morgan fingerprint density at radius 1 is 1.24 bits per heavy atom. The van der Waals surface area contributed by atoms with E-state index >= 15 is 0 Å². The van der Waals surface area contributed by atoms with E-state index in [0.29, 0.717) is 6.54 Å². The molecule has 0 spiro atoms. The molecule has 0 saturated carbocycles. The van der Waals surface area contributed by atoms with Gasteiger partial charge in [-0.15, -0.1) is 0 Å². The summed E-state index contributed by atoms with van der Waals surface area (Å²) in [6, 6.07) is 7.07. The van der Waals surface area contributed by atoms with Gasteiger partial charge in [0.15, 0.2) is 0 Å². The van der Waals surface area contributed by atoms with Crippen molar-refractivity contribution < 1.29 is 13.2 Å². The molecule has 0 aromatic heterocycles. The molecular weight excluding hydrogens is 338 g/mol. The van der Waals surface area contributed by atoms with E-state index in [1.165, 1.54) is 18.6 Å². The lowest BCUT2D eigenvalue weighted by molar-refractivity contribution is -0.138. The van der Waals surface area contributed by atoms with Crippen LogP contribution >= 0.6 is 0 Å². The average Bonchev–Trinajstić information content (AvgIpc) is 2.53. The van der Waals surface area contributed by atoms with Crippen LogP contribution in [-0.4, -0.2) is 49.8 Å². The van der Waals surface area contributed by atoms with Gasteiger partial charge in [0.1, 0.15) is 0 Å². The minimum absolute atomic E-state index is 0.00567. The van der Waals surface area contributed by atoms with E-state index in [2.05, 4.69) is 13.8 Å². The maximum atomic E-state index is 12.7. The lowest BCUT2D eigenvalue weighted by Gasteiger charge is -2.40. The molecule has 0 bridgehead atoms. The zero-order valence-corrected chi connectivity index (χ0v) is 16.3. The molecule has 1 heterocycles. The summed E-state index contributed by atoms with van der Waals surface area (Å²) < 4.78 is 22.7. The monoisotopic (exact) mass is 367 g/mol. The van der Waals surface area contributed by atoms with Crippen LogP contribution < -0.4 is 5.14 Å². The molecule has 3 atom stereocenters. The van der Waals surface area contributed by atoms with Crippen LogP contribution in [0.1, 0.15) is 51.6 Å². The lowest BCUT2D eigenvalue weighted by atomic mass is 9.97. The van der Waals surface area contributed by atoms with Gasteiger partial charge in [-0.05, 0) is 64.8 Å². The summed E-state index contributed by atoms with van der Waals surface area (Å²) in [4.78, 5) is 16.8. The molecule has 2 N–H and O–H groups in total. The molecule has 1 fully saturated rings. The Balaban J connectivity index is 2.04. The molecule has 3 unspecified atom stereocenters. The predicted molar refractivity (Wildman–Crippen MR) is 98.5 cm³/mol. The Bertz CT molecular complexity index is 693. The molecule has 2 rings (SSSR count). The molecule has 1 aliphatic rings. The fraction of sp³-hybridized carbons (Fsp3) is 0.611. The standard InChI is InChI=1S/C18H29N3O3S/c1-13-6-5-7-14(2)21(13)18(22)12-20(4)15(3)16-8-10-17(11-9-16)25(19,23)24/h8-11,13-15H,5-7,12H2,1-4H3,(H2,19,23,24). The molecule has 1 aromatic rings. The summed E-state index contributed by atoms with van der Waals surface area (Å²) in [5.74, 6) is 0.148. The van der Waals surface area contributed by atoms with Crippen LogP contribution in [0.4, 0.5) is 0 Å². The number of likely N-dealkylation sites (N-methyl/N-ethyl adjacent to an activating group) is 1. The Morgan fingerprint density at radius 3 is 2.24 bits per heavy atom. The number of likely N-dealkylation sites (tertiary alicyclic amines) is 1. The highest BCUT2D eigenvalue weighted by Gasteiger charge is 2.30. The highest BCUT2D eigenvalue weighted by Crippen LogP contribution is 2.24. The van der Waals surface area contributed by atoms with Crippen molar-refractivity contribution in [1.82, 2.24) is 9.80 Å². The molecule has 1 saturated heterocycles. The van der Waals surface area contributed by atoms with Gasteiger partial charge in [-0.2, -0.15) is 0 Å². The second-order valence-electron chi connectivity index (χ2n) is 7.14. The van der Waals surface area contributed by atoms with Gasteiger partial charge in [0.25, 0.3) is 0 Å². The summed E-state index contributed by atoms with van der Waals surface area (Å²) in [7, 11) is -1.77.